The SMILES string of the molecule is CC(C)C1=C2CCCCCCCCCCCCC2C1. The number of fused-ring (bicyclic) bond motifs is 1. The lowest BCUT2D eigenvalue weighted by Gasteiger charge is -2.37. The molecule has 0 spiro atoms. The highest BCUT2D eigenvalue weighted by Gasteiger charge is 2.29. The molecule has 2 aliphatic rings. The Labute approximate surface area is 121 Å². The van der Waals surface area contributed by atoms with E-state index in [9.17, 15) is 0 Å². The first-order valence-electron chi connectivity index (χ1n) is 9.01. The highest BCUT2D eigenvalue weighted by Crippen LogP contribution is 2.44. The van der Waals surface area contributed by atoms with Crippen molar-refractivity contribution in [3.63, 3.8) is 0 Å². The summed E-state index contributed by atoms with van der Waals surface area (Å²) in [7, 11) is 0. The van der Waals surface area contributed by atoms with Crippen LogP contribution in [0.2, 0.25) is 0 Å². The molecule has 0 N–H and O–H groups in total. The van der Waals surface area contributed by atoms with Gasteiger partial charge in [-0.05, 0) is 37.5 Å². The van der Waals surface area contributed by atoms with Crippen LogP contribution in [-0.4, -0.2) is 0 Å². The fourth-order valence-electron chi connectivity index (χ4n) is 4.02. The molecule has 19 heavy (non-hydrogen) atoms. The zero-order chi connectivity index (χ0) is 13.5. The third-order valence-corrected chi connectivity index (χ3v) is 5.32. The Morgan fingerprint density at radius 2 is 1.26 bits per heavy atom. The first-order valence-corrected chi connectivity index (χ1v) is 9.01. The summed E-state index contributed by atoms with van der Waals surface area (Å²) in [5, 5.41) is 0. The second-order valence-corrected chi connectivity index (χ2v) is 7.18. The largest absolute Gasteiger partial charge is 0.0676 e. The van der Waals surface area contributed by atoms with Crippen molar-refractivity contribution in [3.05, 3.63) is 11.1 Å². The van der Waals surface area contributed by atoms with E-state index < -0.39 is 0 Å². The van der Waals surface area contributed by atoms with Crippen molar-refractivity contribution in [3.8, 4) is 0 Å². The van der Waals surface area contributed by atoms with Gasteiger partial charge in [0.2, 0.25) is 0 Å². The average molecular weight is 262 g/mol. The summed E-state index contributed by atoms with van der Waals surface area (Å²) in [5.74, 6) is 1.80. The molecule has 0 amide bonds. The van der Waals surface area contributed by atoms with Crippen LogP contribution in [-0.2, 0) is 0 Å². The number of rotatable bonds is 1. The van der Waals surface area contributed by atoms with Gasteiger partial charge in [-0.1, -0.05) is 82.8 Å². The lowest BCUT2D eigenvalue weighted by Crippen LogP contribution is -2.22. The molecule has 1 atom stereocenters. The molecular formula is C19H34. The first-order chi connectivity index (χ1) is 9.29. The smallest absolute Gasteiger partial charge is 0.0163 e. The van der Waals surface area contributed by atoms with Crippen LogP contribution in [0.15, 0.2) is 11.1 Å². The third-order valence-electron chi connectivity index (χ3n) is 5.32. The number of hydrogen-bond acceptors (Lipinski definition) is 0. The maximum Gasteiger partial charge on any atom is -0.0163 e. The summed E-state index contributed by atoms with van der Waals surface area (Å²) in [5.41, 5.74) is 3.73. The standard InChI is InChI=1S/C19H34/c1-16(2)19-15-17-13-11-9-7-5-3-4-6-8-10-12-14-18(17)19/h16-17H,3-15H2,1-2H3. The normalized spacial score (nSPS) is 27.6. The van der Waals surface area contributed by atoms with Crippen LogP contribution in [0.25, 0.3) is 0 Å². The van der Waals surface area contributed by atoms with Crippen LogP contribution >= 0.6 is 0 Å². The van der Waals surface area contributed by atoms with E-state index >= 15 is 0 Å². The highest BCUT2D eigenvalue weighted by atomic mass is 14.3. The molecule has 1 unspecified atom stereocenters. The van der Waals surface area contributed by atoms with Gasteiger partial charge < -0.3 is 0 Å². The Morgan fingerprint density at radius 1 is 0.737 bits per heavy atom. The number of allylic oxidation sites excluding steroid dienone is 2. The molecule has 0 nitrogen and oxygen atoms in total. The van der Waals surface area contributed by atoms with Crippen LogP contribution in [0.5, 0.6) is 0 Å². The molecule has 1 saturated carbocycles. The summed E-state index contributed by atoms with van der Waals surface area (Å²) in [6.45, 7) is 4.79. The van der Waals surface area contributed by atoms with Crippen molar-refractivity contribution in [2.75, 3.05) is 0 Å². The van der Waals surface area contributed by atoms with Gasteiger partial charge in [-0.25, -0.2) is 0 Å². The van der Waals surface area contributed by atoms with Gasteiger partial charge in [-0.3, -0.25) is 0 Å². The second-order valence-electron chi connectivity index (χ2n) is 7.18. The van der Waals surface area contributed by atoms with Gasteiger partial charge >= 0.3 is 0 Å². The molecule has 0 bridgehead atoms. The highest BCUT2D eigenvalue weighted by molar-refractivity contribution is 5.29. The molecule has 0 aromatic rings. The van der Waals surface area contributed by atoms with Crippen molar-refractivity contribution in [2.24, 2.45) is 11.8 Å². The molecule has 2 aliphatic carbocycles. The van der Waals surface area contributed by atoms with Crippen LogP contribution in [0.4, 0.5) is 0 Å². The quantitative estimate of drug-likeness (QED) is 0.464. The molecule has 0 aromatic heterocycles. The van der Waals surface area contributed by atoms with Gasteiger partial charge in [-0.2, -0.15) is 0 Å². The summed E-state index contributed by atoms with van der Waals surface area (Å²) in [6, 6.07) is 0. The van der Waals surface area contributed by atoms with Gasteiger partial charge in [-0.15, -0.1) is 0 Å². The van der Waals surface area contributed by atoms with E-state index in [1.54, 1.807) is 0 Å². The van der Waals surface area contributed by atoms with Gasteiger partial charge in [0.25, 0.3) is 0 Å². The molecule has 0 heterocycles. The predicted octanol–water partition coefficient (Wildman–Crippen LogP) is 6.65. The zero-order valence-electron chi connectivity index (χ0n) is 13.3. The Balaban J connectivity index is 1.86. The molecule has 110 valence electrons. The maximum atomic E-state index is 2.39. The monoisotopic (exact) mass is 262 g/mol. The molecule has 0 aliphatic heterocycles. The van der Waals surface area contributed by atoms with Crippen LogP contribution in [0.1, 0.15) is 97.3 Å². The van der Waals surface area contributed by atoms with Gasteiger partial charge in [0, 0.05) is 0 Å². The maximum absolute atomic E-state index is 2.39. The van der Waals surface area contributed by atoms with E-state index in [0.29, 0.717) is 0 Å². The molecule has 0 aromatic carbocycles. The van der Waals surface area contributed by atoms with E-state index in [1.807, 2.05) is 11.1 Å². The van der Waals surface area contributed by atoms with Crippen LogP contribution in [0.3, 0.4) is 0 Å². The predicted molar refractivity (Wildman–Crippen MR) is 85.4 cm³/mol. The molecule has 0 saturated heterocycles. The summed E-state index contributed by atoms with van der Waals surface area (Å²) in [6.07, 6.45) is 19.2. The number of hydrogen-bond donors (Lipinski definition) is 0. The van der Waals surface area contributed by atoms with Gasteiger partial charge in [0.05, 0.1) is 0 Å². The van der Waals surface area contributed by atoms with Crippen LogP contribution < -0.4 is 0 Å². The summed E-state index contributed by atoms with van der Waals surface area (Å²) < 4.78 is 0. The Bertz CT molecular complexity index is 284. The molecule has 0 radical (unpaired) electrons. The van der Waals surface area contributed by atoms with Crippen molar-refractivity contribution in [1.82, 2.24) is 0 Å². The minimum Gasteiger partial charge on any atom is -0.0676 e. The van der Waals surface area contributed by atoms with Gasteiger partial charge in [0.15, 0.2) is 0 Å². The Kier molecular flexibility index (Phi) is 6.47. The molecule has 1 fully saturated rings. The van der Waals surface area contributed by atoms with E-state index in [0.717, 1.165) is 11.8 Å². The van der Waals surface area contributed by atoms with Crippen molar-refractivity contribution in [1.29, 1.82) is 0 Å². The Morgan fingerprint density at radius 3 is 1.84 bits per heavy atom. The fraction of sp³-hybridized carbons (Fsp3) is 0.895. The minimum absolute atomic E-state index is 0.810. The zero-order valence-corrected chi connectivity index (χ0v) is 13.3. The van der Waals surface area contributed by atoms with Crippen molar-refractivity contribution in [2.45, 2.75) is 97.3 Å². The lowest BCUT2D eigenvalue weighted by molar-refractivity contribution is 0.402. The van der Waals surface area contributed by atoms with E-state index in [4.69, 9.17) is 0 Å². The third kappa shape index (κ3) is 4.65. The molecule has 0 heteroatoms. The van der Waals surface area contributed by atoms with Crippen molar-refractivity contribution < 1.29 is 0 Å². The van der Waals surface area contributed by atoms with E-state index in [2.05, 4.69) is 13.8 Å². The second kappa shape index (κ2) is 8.12. The average Bonchev–Trinajstić information content (AvgIpc) is 2.36. The molecule has 2 rings (SSSR count). The first kappa shape index (κ1) is 15.1. The fourth-order valence-corrected chi connectivity index (χ4v) is 4.02. The van der Waals surface area contributed by atoms with Gasteiger partial charge in [0.1, 0.15) is 0 Å². The summed E-state index contributed by atoms with van der Waals surface area (Å²) >= 11 is 0. The lowest BCUT2D eigenvalue weighted by atomic mass is 9.69. The van der Waals surface area contributed by atoms with Crippen molar-refractivity contribution >= 4 is 0 Å². The molecular weight excluding hydrogens is 228 g/mol. The minimum atomic E-state index is 0.810. The van der Waals surface area contributed by atoms with Crippen LogP contribution in [0, 0.1) is 11.8 Å². The Hall–Kier alpha value is -0.260. The van der Waals surface area contributed by atoms with E-state index in [-0.39, 0.29) is 0 Å². The summed E-state index contributed by atoms with van der Waals surface area (Å²) in [4.78, 5) is 0. The topological polar surface area (TPSA) is 0 Å². The van der Waals surface area contributed by atoms with E-state index in [1.165, 1.54) is 83.5 Å².